The topological polar surface area (TPSA) is 197 Å². The first kappa shape index (κ1) is 38.8. The van der Waals surface area contributed by atoms with Crippen LogP contribution in [0.5, 0.6) is 0 Å². The van der Waals surface area contributed by atoms with Gasteiger partial charge < -0.3 is 35.4 Å². The Labute approximate surface area is 335 Å². The molecule has 1 saturated carbocycles. The van der Waals surface area contributed by atoms with Gasteiger partial charge in [-0.25, -0.2) is 9.89 Å². The second-order valence-corrected chi connectivity index (χ2v) is 15.2. The van der Waals surface area contributed by atoms with Gasteiger partial charge >= 0.3 is 0 Å². The van der Waals surface area contributed by atoms with Crippen LogP contribution in [-0.4, -0.2) is 94.7 Å². The SMILES string of the molecule is CCCN(CCO)C(=O)C1=Cc2ccc(C3(C(=O)Nc4cnc5c(c4)CN(C(=O)C4COC(c6ccc(N7C(=O)C=CC7=O)cc6)OC4)CC5)CC3)cc2N=C(N)C1. The lowest BCUT2D eigenvalue weighted by Crippen LogP contribution is -2.44. The van der Waals surface area contributed by atoms with Gasteiger partial charge in [-0.1, -0.05) is 31.2 Å². The number of nitrogens with two attached hydrogens (primary N) is 1. The third kappa shape index (κ3) is 7.67. The summed E-state index contributed by atoms with van der Waals surface area (Å²) in [6.07, 6.45) is 8.04. The molecule has 1 aliphatic carbocycles. The number of imide groups is 1. The van der Waals surface area contributed by atoms with Gasteiger partial charge in [0.25, 0.3) is 11.8 Å². The number of nitrogens with one attached hydrogen (secondary N) is 1. The molecule has 5 aliphatic rings. The summed E-state index contributed by atoms with van der Waals surface area (Å²) in [7, 11) is 0. The lowest BCUT2D eigenvalue weighted by Gasteiger charge is -2.34. The van der Waals surface area contributed by atoms with E-state index >= 15 is 0 Å². The van der Waals surface area contributed by atoms with Crippen molar-refractivity contribution in [1.29, 1.82) is 0 Å². The molecule has 1 saturated heterocycles. The van der Waals surface area contributed by atoms with E-state index in [9.17, 15) is 29.1 Å². The molecule has 8 rings (SSSR count). The zero-order chi connectivity index (χ0) is 40.6. The smallest absolute Gasteiger partial charge is 0.258 e. The fourth-order valence-corrected chi connectivity index (χ4v) is 7.97. The summed E-state index contributed by atoms with van der Waals surface area (Å²) in [6.45, 7) is 3.76. The number of aliphatic hydroxyl groups excluding tert-OH is 1. The highest BCUT2D eigenvalue weighted by Gasteiger charge is 2.51. The summed E-state index contributed by atoms with van der Waals surface area (Å²) in [4.78, 5) is 78.7. The molecule has 58 heavy (non-hydrogen) atoms. The Morgan fingerprint density at radius 1 is 1.02 bits per heavy atom. The van der Waals surface area contributed by atoms with Crippen LogP contribution >= 0.6 is 0 Å². The molecule has 15 heteroatoms. The normalized spacial score (nSPS) is 20.7. The fraction of sp³-hybridized carbons (Fsp3) is 0.372. The molecular weight excluding hydrogens is 743 g/mol. The molecule has 0 bridgehead atoms. The minimum atomic E-state index is -0.755. The van der Waals surface area contributed by atoms with E-state index in [0.717, 1.165) is 33.7 Å². The van der Waals surface area contributed by atoms with Gasteiger partial charge in [0.2, 0.25) is 17.7 Å². The zero-order valence-electron chi connectivity index (χ0n) is 32.2. The molecule has 3 aromatic rings. The molecule has 0 unspecified atom stereocenters. The maximum absolute atomic E-state index is 13.9. The quantitative estimate of drug-likeness (QED) is 0.242. The van der Waals surface area contributed by atoms with Crippen molar-refractivity contribution in [3.8, 4) is 0 Å². The van der Waals surface area contributed by atoms with E-state index in [-0.39, 0.29) is 50.5 Å². The molecule has 0 radical (unpaired) electrons. The lowest BCUT2D eigenvalue weighted by molar-refractivity contribution is -0.209. The molecule has 2 aromatic carbocycles. The number of carbonyl (C=O) groups excluding carboxylic acids is 5. The van der Waals surface area contributed by atoms with Crippen molar-refractivity contribution in [2.45, 2.75) is 57.3 Å². The molecule has 15 nitrogen and oxygen atoms in total. The van der Waals surface area contributed by atoms with Gasteiger partial charge in [-0.15, -0.1) is 0 Å². The van der Waals surface area contributed by atoms with Crippen LogP contribution in [0.2, 0.25) is 0 Å². The number of nitrogens with zero attached hydrogens (tertiary/aromatic N) is 5. The van der Waals surface area contributed by atoms with Gasteiger partial charge in [-0.05, 0) is 60.7 Å². The molecule has 4 aliphatic heterocycles. The van der Waals surface area contributed by atoms with Crippen molar-refractivity contribution >= 4 is 58.5 Å². The number of aliphatic imine (C=N–C) groups is 1. The number of aliphatic hydroxyl groups is 1. The monoisotopic (exact) mass is 787 g/mol. The van der Waals surface area contributed by atoms with Crippen molar-refractivity contribution in [3.63, 3.8) is 0 Å². The van der Waals surface area contributed by atoms with Crippen LogP contribution in [0, 0.1) is 5.92 Å². The van der Waals surface area contributed by atoms with Crippen LogP contribution < -0.4 is 16.0 Å². The highest BCUT2D eigenvalue weighted by atomic mass is 16.7. The summed E-state index contributed by atoms with van der Waals surface area (Å²) in [6, 6.07) is 14.3. The largest absolute Gasteiger partial charge is 0.395 e. The number of anilines is 2. The molecule has 2 fully saturated rings. The lowest BCUT2D eigenvalue weighted by atomic mass is 9.92. The van der Waals surface area contributed by atoms with E-state index in [2.05, 4.69) is 15.3 Å². The average molecular weight is 788 g/mol. The van der Waals surface area contributed by atoms with Crippen molar-refractivity contribution < 1.29 is 38.6 Å². The number of rotatable bonds is 11. The van der Waals surface area contributed by atoms with E-state index in [1.54, 1.807) is 46.3 Å². The predicted molar refractivity (Wildman–Crippen MR) is 213 cm³/mol. The Morgan fingerprint density at radius 3 is 2.45 bits per heavy atom. The minimum absolute atomic E-state index is 0.0920. The second-order valence-electron chi connectivity index (χ2n) is 15.2. The highest BCUT2D eigenvalue weighted by molar-refractivity contribution is 6.28. The first-order chi connectivity index (χ1) is 28.1. The van der Waals surface area contributed by atoms with Crippen molar-refractivity contribution in [2.24, 2.45) is 16.6 Å². The van der Waals surface area contributed by atoms with E-state index < -0.39 is 29.4 Å². The standard InChI is InChI=1S/C43H45N7O8/c1-2-14-48(16-17-51)39(54)28-18-27-3-6-31(21-35(27)47-36(44)20-28)43(12-13-43)42(56)46-32-19-29-23-49(15-11-34(29)45-22-32)40(55)30-24-57-41(58-25-30)26-4-7-33(8-5-26)50-37(52)9-10-38(50)53/h3-10,18-19,21-22,30,41,51H,2,11-17,20,23-25H2,1H3,(H2,44,47)(H,46,56). The number of carbonyl (C=O) groups is 5. The average Bonchev–Trinajstić information content (AvgIpc) is 4.01. The predicted octanol–water partition coefficient (Wildman–Crippen LogP) is 3.43. The van der Waals surface area contributed by atoms with Crippen molar-refractivity contribution in [1.82, 2.24) is 14.8 Å². The summed E-state index contributed by atoms with van der Waals surface area (Å²) in [5, 5.41) is 12.6. The maximum Gasteiger partial charge on any atom is 0.258 e. The van der Waals surface area contributed by atoms with Gasteiger partial charge in [0.1, 0.15) is 5.84 Å². The summed E-state index contributed by atoms with van der Waals surface area (Å²) in [5.74, 6) is -1.44. The zero-order valence-corrected chi connectivity index (χ0v) is 32.2. The molecule has 0 spiro atoms. The number of hydrogen-bond acceptors (Lipinski definition) is 11. The number of amides is 5. The Balaban J connectivity index is 0.890. The summed E-state index contributed by atoms with van der Waals surface area (Å²) in [5.41, 5.74) is 11.6. The highest BCUT2D eigenvalue weighted by Crippen LogP contribution is 2.50. The maximum atomic E-state index is 13.9. The number of benzene rings is 2. The van der Waals surface area contributed by atoms with Gasteiger partial charge in [0.05, 0.1) is 54.4 Å². The van der Waals surface area contributed by atoms with Gasteiger partial charge in [0.15, 0.2) is 6.29 Å². The van der Waals surface area contributed by atoms with Crippen LogP contribution in [0.1, 0.15) is 66.8 Å². The first-order valence-electron chi connectivity index (χ1n) is 19.6. The number of hydrogen-bond donors (Lipinski definition) is 3. The molecule has 5 heterocycles. The van der Waals surface area contributed by atoms with Gasteiger partial charge in [-0.2, -0.15) is 0 Å². The van der Waals surface area contributed by atoms with Gasteiger partial charge in [0, 0.05) is 73.6 Å². The number of aromatic nitrogens is 1. The number of ether oxygens (including phenoxy) is 2. The van der Waals surface area contributed by atoms with E-state index in [1.807, 2.05) is 31.2 Å². The fourth-order valence-electron chi connectivity index (χ4n) is 7.97. The van der Waals surface area contributed by atoms with E-state index in [1.165, 1.54) is 12.2 Å². The van der Waals surface area contributed by atoms with Crippen LogP contribution in [0.4, 0.5) is 17.1 Å². The van der Waals surface area contributed by atoms with Crippen molar-refractivity contribution in [2.75, 3.05) is 49.7 Å². The third-order valence-corrected chi connectivity index (χ3v) is 11.2. The second kappa shape index (κ2) is 16.1. The van der Waals surface area contributed by atoms with Crippen LogP contribution in [-0.2, 0) is 51.8 Å². The third-order valence-electron chi connectivity index (χ3n) is 11.2. The number of amidine groups is 1. The molecule has 300 valence electrons. The first-order valence-corrected chi connectivity index (χ1v) is 19.6. The van der Waals surface area contributed by atoms with Crippen LogP contribution in [0.15, 0.2) is 77.4 Å². The Hall–Kier alpha value is -6.03. The minimum Gasteiger partial charge on any atom is -0.395 e. The van der Waals surface area contributed by atoms with Crippen molar-refractivity contribution in [3.05, 3.63) is 100 Å². The van der Waals surface area contributed by atoms with E-state index in [4.69, 9.17) is 15.2 Å². The molecule has 1 aromatic heterocycles. The summed E-state index contributed by atoms with van der Waals surface area (Å²) >= 11 is 0. The Morgan fingerprint density at radius 2 is 1.76 bits per heavy atom. The van der Waals surface area contributed by atoms with Crippen LogP contribution in [0.25, 0.3) is 6.08 Å². The molecule has 5 amide bonds. The molecule has 0 atom stereocenters. The van der Waals surface area contributed by atoms with E-state index in [0.29, 0.717) is 72.9 Å². The number of pyridine rings is 1. The summed E-state index contributed by atoms with van der Waals surface area (Å²) < 4.78 is 11.9. The molecule has 4 N–H and O–H groups in total. The van der Waals surface area contributed by atoms with Gasteiger partial charge in [-0.3, -0.25) is 29.0 Å². The number of fused-ring (bicyclic) bond motifs is 2. The Bertz CT molecular complexity index is 2230. The Kier molecular flexibility index (Phi) is 10.8. The molecular formula is C43H45N7O8. The van der Waals surface area contributed by atoms with Crippen LogP contribution in [0.3, 0.4) is 0 Å².